The predicted molar refractivity (Wildman–Crippen MR) is 68.6 cm³/mol. The molecule has 7 heteroatoms. The number of hydrogen-bond acceptors (Lipinski definition) is 5. The normalized spacial score (nSPS) is 12.9. The Morgan fingerprint density at radius 1 is 1.59 bits per heavy atom. The summed E-state index contributed by atoms with van der Waals surface area (Å²) in [5.74, 6) is 0.811. The lowest BCUT2D eigenvalue weighted by Gasteiger charge is -2.21. The van der Waals surface area contributed by atoms with Crippen LogP contribution in [0.3, 0.4) is 0 Å². The molecule has 0 aliphatic heterocycles. The Bertz CT molecular complexity index is 488. The van der Waals surface area contributed by atoms with Crippen LogP contribution in [0.4, 0.5) is 5.82 Å². The highest BCUT2D eigenvalue weighted by Crippen LogP contribution is 2.16. The van der Waals surface area contributed by atoms with Crippen molar-refractivity contribution in [1.29, 1.82) is 0 Å². The lowest BCUT2D eigenvalue weighted by Crippen LogP contribution is -2.29. The summed E-state index contributed by atoms with van der Waals surface area (Å²) in [6.07, 6.45) is 5.23. The van der Waals surface area contributed by atoms with Gasteiger partial charge in [-0.1, -0.05) is 15.9 Å². The van der Waals surface area contributed by atoms with Gasteiger partial charge in [0.15, 0.2) is 5.82 Å². The zero-order valence-corrected chi connectivity index (χ0v) is 11.3. The van der Waals surface area contributed by atoms with E-state index in [1.807, 2.05) is 22.5 Å². The molecule has 6 nitrogen and oxygen atoms in total. The minimum Gasteiger partial charge on any atom is -0.383 e. The van der Waals surface area contributed by atoms with Crippen molar-refractivity contribution >= 4 is 27.4 Å². The average molecular weight is 300 g/mol. The Morgan fingerprint density at radius 3 is 3.18 bits per heavy atom. The molecular weight excluding hydrogens is 286 g/mol. The van der Waals surface area contributed by atoms with E-state index in [2.05, 4.69) is 31.1 Å². The molecule has 0 saturated carbocycles. The highest BCUT2D eigenvalue weighted by atomic mass is 79.9. The molecule has 0 saturated heterocycles. The predicted octanol–water partition coefficient (Wildman–Crippen LogP) is 0.970. The van der Waals surface area contributed by atoms with E-state index in [9.17, 15) is 0 Å². The lowest BCUT2D eigenvalue weighted by molar-refractivity contribution is 0.201. The first-order valence-corrected chi connectivity index (χ1v) is 6.12. The largest absolute Gasteiger partial charge is 0.383 e. The Labute approximate surface area is 108 Å². The molecule has 0 amide bonds. The summed E-state index contributed by atoms with van der Waals surface area (Å²) < 4.78 is 6.93. The van der Waals surface area contributed by atoms with Crippen LogP contribution < -0.4 is 4.90 Å². The second-order valence-electron chi connectivity index (χ2n) is 3.75. The fourth-order valence-corrected chi connectivity index (χ4v) is 2.33. The number of aromatic nitrogens is 4. The molecule has 0 fully saturated rings. The van der Waals surface area contributed by atoms with Gasteiger partial charge in [-0.3, -0.25) is 4.40 Å². The maximum absolute atomic E-state index is 5.09. The molecule has 2 rings (SSSR count). The fourth-order valence-electron chi connectivity index (χ4n) is 1.63. The maximum atomic E-state index is 5.09. The Hall–Kier alpha value is -1.21. The summed E-state index contributed by atoms with van der Waals surface area (Å²) >= 11 is 3.55. The van der Waals surface area contributed by atoms with E-state index in [4.69, 9.17) is 4.74 Å². The van der Waals surface area contributed by atoms with E-state index in [1.54, 1.807) is 19.6 Å². The molecule has 2 aromatic rings. The summed E-state index contributed by atoms with van der Waals surface area (Å²) in [4.78, 5) is 6.62. The van der Waals surface area contributed by atoms with Crippen molar-refractivity contribution in [1.82, 2.24) is 19.6 Å². The van der Waals surface area contributed by atoms with E-state index in [0.29, 0.717) is 6.61 Å². The van der Waals surface area contributed by atoms with Gasteiger partial charge in [0, 0.05) is 33.1 Å². The smallest absolute Gasteiger partial charge is 0.203 e. The van der Waals surface area contributed by atoms with Crippen LogP contribution in [0.1, 0.15) is 0 Å². The van der Waals surface area contributed by atoms with Crippen LogP contribution in [0.15, 0.2) is 18.7 Å². The minimum atomic E-state index is 0.252. The number of anilines is 1. The van der Waals surface area contributed by atoms with Crippen molar-refractivity contribution in [2.45, 2.75) is 4.83 Å². The van der Waals surface area contributed by atoms with Crippen LogP contribution in [0, 0.1) is 0 Å². The van der Waals surface area contributed by atoms with Crippen molar-refractivity contribution in [2.75, 3.05) is 32.2 Å². The fraction of sp³-hybridized carbons (Fsp3) is 0.500. The third-order valence-electron chi connectivity index (χ3n) is 2.38. The third-order valence-corrected chi connectivity index (χ3v) is 2.93. The van der Waals surface area contributed by atoms with Crippen molar-refractivity contribution in [3.8, 4) is 0 Å². The second-order valence-corrected chi connectivity index (χ2v) is 5.04. The number of methoxy groups -OCH3 is 1. The van der Waals surface area contributed by atoms with Gasteiger partial charge in [0.2, 0.25) is 5.65 Å². The summed E-state index contributed by atoms with van der Waals surface area (Å²) in [7, 11) is 3.66. The monoisotopic (exact) mass is 299 g/mol. The highest BCUT2D eigenvalue weighted by Gasteiger charge is 2.13. The van der Waals surface area contributed by atoms with Gasteiger partial charge >= 0.3 is 0 Å². The first-order chi connectivity index (χ1) is 8.22. The molecule has 0 spiro atoms. The van der Waals surface area contributed by atoms with Crippen LogP contribution >= 0.6 is 15.9 Å². The summed E-state index contributed by atoms with van der Waals surface area (Å²) in [5.41, 5.74) is 0.757. The highest BCUT2D eigenvalue weighted by molar-refractivity contribution is 9.09. The molecule has 0 aromatic carbocycles. The molecule has 92 valence electrons. The summed E-state index contributed by atoms with van der Waals surface area (Å²) in [6.45, 7) is 1.44. The molecule has 0 aliphatic carbocycles. The number of halogens is 1. The van der Waals surface area contributed by atoms with Crippen molar-refractivity contribution < 1.29 is 4.74 Å². The third kappa shape index (κ3) is 2.73. The van der Waals surface area contributed by atoms with Gasteiger partial charge in [-0.2, -0.15) is 0 Å². The van der Waals surface area contributed by atoms with Gasteiger partial charge < -0.3 is 9.64 Å². The van der Waals surface area contributed by atoms with E-state index in [-0.39, 0.29) is 4.83 Å². The molecule has 1 unspecified atom stereocenters. The molecule has 2 heterocycles. The molecular formula is C10H14BrN5O. The SMILES string of the molecule is COCC(Br)CN(C)c1nccn2cnnc12. The first kappa shape index (κ1) is 12.3. The first-order valence-electron chi connectivity index (χ1n) is 5.21. The van der Waals surface area contributed by atoms with Gasteiger partial charge in [0.25, 0.3) is 0 Å². The van der Waals surface area contributed by atoms with Gasteiger partial charge in [-0.25, -0.2) is 4.98 Å². The minimum absolute atomic E-state index is 0.252. The number of ether oxygens (including phenoxy) is 1. The topological polar surface area (TPSA) is 55.5 Å². The average Bonchev–Trinajstić information content (AvgIpc) is 2.76. The summed E-state index contributed by atoms with van der Waals surface area (Å²) in [6, 6.07) is 0. The molecule has 0 aliphatic rings. The lowest BCUT2D eigenvalue weighted by atomic mass is 10.4. The number of nitrogens with zero attached hydrogens (tertiary/aromatic N) is 5. The standard InChI is InChI=1S/C10H14BrN5O/c1-15(5-8(11)6-17-2)9-10-14-13-7-16(10)4-3-12-9/h3-4,7-8H,5-6H2,1-2H3. The Morgan fingerprint density at radius 2 is 2.41 bits per heavy atom. The van der Waals surface area contributed by atoms with Gasteiger partial charge in [0.1, 0.15) is 6.33 Å². The van der Waals surface area contributed by atoms with Crippen molar-refractivity contribution in [3.63, 3.8) is 0 Å². The Balaban J connectivity index is 2.18. The second kappa shape index (κ2) is 5.42. The molecule has 0 N–H and O–H groups in total. The maximum Gasteiger partial charge on any atom is 0.203 e. The van der Waals surface area contributed by atoms with Crippen LogP contribution in [0.5, 0.6) is 0 Å². The van der Waals surface area contributed by atoms with Crippen molar-refractivity contribution in [3.05, 3.63) is 18.7 Å². The van der Waals surface area contributed by atoms with Gasteiger partial charge in [0.05, 0.1) is 11.4 Å². The molecule has 17 heavy (non-hydrogen) atoms. The molecule has 2 aromatic heterocycles. The van der Waals surface area contributed by atoms with Gasteiger partial charge in [-0.15, -0.1) is 10.2 Å². The van der Waals surface area contributed by atoms with Crippen molar-refractivity contribution in [2.24, 2.45) is 0 Å². The van der Waals surface area contributed by atoms with E-state index < -0.39 is 0 Å². The quantitative estimate of drug-likeness (QED) is 0.770. The van der Waals surface area contributed by atoms with E-state index in [1.165, 1.54) is 0 Å². The number of rotatable bonds is 5. The van der Waals surface area contributed by atoms with Crippen LogP contribution in [-0.4, -0.2) is 51.7 Å². The zero-order chi connectivity index (χ0) is 12.3. The van der Waals surface area contributed by atoms with Crippen LogP contribution in [0.2, 0.25) is 0 Å². The van der Waals surface area contributed by atoms with Gasteiger partial charge in [-0.05, 0) is 0 Å². The Kier molecular flexibility index (Phi) is 3.90. The molecule has 0 radical (unpaired) electrons. The summed E-state index contributed by atoms with van der Waals surface area (Å²) in [5, 5.41) is 7.92. The van der Waals surface area contributed by atoms with Crippen LogP contribution in [0.25, 0.3) is 5.65 Å². The van der Waals surface area contributed by atoms with Crippen LogP contribution in [-0.2, 0) is 4.74 Å². The molecule has 0 bridgehead atoms. The zero-order valence-electron chi connectivity index (χ0n) is 9.75. The number of fused-ring (bicyclic) bond motifs is 1. The van der Waals surface area contributed by atoms with E-state index >= 15 is 0 Å². The number of hydrogen-bond donors (Lipinski definition) is 0. The number of alkyl halides is 1. The molecule has 1 atom stereocenters. The van der Waals surface area contributed by atoms with E-state index in [0.717, 1.165) is 18.0 Å².